The summed E-state index contributed by atoms with van der Waals surface area (Å²) in [6.45, 7) is 3.00. The number of carbonyl (C=O) groups excluding carboxylic acids is 1. The van der Waals surface area contributed by atoms with Crippen molar-refractivity contribution in [3.8, 4) is 0 Å². The van der Waals surface area contributed by atoms with Crippen LogP contribution in [0.5, 0.6) is 0 Å². The Labute approximate surface area is 103 Å². The van der Waals surface area contributed by atoms with Crippen molar-refractivity contribution in [1.82, 2.24) is 10.6 Å². The first-order valence-electron chi connectivity index (χ1n) is 6.41. The Morgan fingerprint density at radius 1 is 1.53 bits per heavy atom. The van der Waals surface area contributed by atoms with Gasteiger partial charge in [0.25, 0.3) is 0 Å². The standard InChI is InChI=1S/C12H25N3O2/c1-9(12(16)14-6-7-17-2)15-11-5-3-4-10(13)8-11/h9-11,15H,3-8,13H2,1-2H3,(H,14,16). The first kappa shape index (κ1) is 14.4. The lowest BCUT2D eigenvalue weighted by atomic mass is 9.91. The summed E-state index contributed by atoms with van der Waals surface area (Å²) in [6, 6.07) is 0.495. The van der Waals surface area contributed by atoms with Crippen LogP contribution in [0.1, 0.15) is 32.6 Å². The van der Waals surface area contributed by atoms with Crippen LogP contribution in [0.15, 0.2) is 0 Å². The van der Waals surface area contributed by atoms with E-state index in [1.165, 1.54) is 0 Å². The lowest BCUT2D eigenvalue weighted by Gasteiger charge is -2.29. The second-order valence-electron chi connectivity index (χ2n) is 4.80. The molecular weight excluding hydrogens is 218 g/mol. The van der Waals surface area contributed by atoms with E-state index in [1.807, 2.05) is 6.92 Å². The Morgan fingerprint density at radius 2 is 2.29 bits per heavy atom. The van der Waals surface area contributed by atoms with E-state index in [0.717, 1.165) is 25.7 Å². The number of methoxy groups -OCH3 is 1. The van der Waals surface area contributed by atoms with Gasteiger partial charge in [0.1, 0.15) is 0 Å². The molecule has 4 N–H and O–H groups in total. The molecule has 1 aliphatic carbocycles. The number of nitrogens with one attached hydrogen (secondary N) is 2. The van der Waals surface area contributed by atoms with Crippen LogP contribution in [0.2, 0.25) is 0 Å². The maximum atomic E-state index is 11.7. The van der Waals surface area contributed by atoms with E-state index in [-0.39, 0.29) is 18.0 Å². The lowest BCUT2D eigenvalue weighted by molar-refractivity contribution is -0.123. The molecule has 0 spiro atoms. The van der Waals surface area contributed by atoms with Gasteiger partial charge in [-0.2, -0.15) is 0 Å². The van der Waals surface area contributed by atoms with Gasteiger partial charge in [0.2, 0.25) is 5.91 Å². The third-order valence-electron chi connectivity index (χ3n) is 3.20. The molecule has 17 heavy (non-hydrogen) atoms. The monoisotopic (exact) mass is 243 g/mol. The van der Waals surface area contributed by atoms with E-state index in [9.17, 15) is 4.79 Å². The molecule has 1 rings (SSSR count). The lowest BCUT2D eigenvalue weighted by Crippen LogP contribution is -2.49. The molecule has 0 bridgehead atoms. The number of rotatable bonds is 6. The summed E-state index contributed by atoms with van der Waals surface area (Å²) < 4.78 is 4.88. The van der Waals surface area contributed by atoms with Crippen molar-refractivity contribution in [2.45, 2.75) is 50.7 Å². The number of hydrogen-bond donors (Lipinski definition) is 3. The molecule has 3 unspecified atom stereocenters. The Balaban J connectivity index is 2.22. The van der Waals surface area contributed by atoms with E-state index in [4.69, 9.17) is 10.5 Å². The quantitative estimate of drug-likeness (QED) is 0.574. The molecule has 0 radical (unpaired) electrons. The minimum atomic E-state index is -0.165. The molecule has 0 aromatic heterocycles. The van der Waals surface area contributed by atoms with Gasteiger partial charge in [0.15, 0.2) is 0 Å². The minimum Gasteiger partial charge on any atom is -0.383 e. The third-order valence-corrected chi connectivity index (χ3v) is 3.20. The summed E-state index contributed by atoms with van der Waals surface area (Å²) in [5.41, 5.74) is 5.92. The Bertz CT molecular complexity index is 236. The van der Waals surface area contributed by atoms with Crippen molar-refractivity contribution in [2.24, 2.45) is 5.73 Å². The van der Waals surface area contributed by atoms with Crippen molar-refractivity contribution < 1.29 is 9.53 Å². The molecule has 0 aromatic carbocycles. The van der Waals surface area contributed by atoms with Crippen LogP contribution in [0.4, 0.5) is 0 Å². The number of nitrogens with two attached hydrogens (primary N) is 1. The van der Waals surface area contributed by atoms with Gasteiger partial charge >= 0.3 is 0 Å². The fraction of sp³-hybridized carbons (Fsp3) is 0.917. The van der Waals surface area contributed by atoms with Gasteiger partial charge in [-0.25, -0.2) is 0 Å². The summed E-state index contributed by atoms with van der Waals surface area (Å²) in [7, 11) is 1.62. The molecule has 0 heterocycles. The third kappa shape index (κ3) is 5.48. The van der Waals surface area contributed by atoms with E-state index in [2.05, 4.69) is 10.6 Å². The van der Waals surface area contributed by atoms with Crippen molar-refractivity contribution in [2.75, 3.05) is 20.3 Å². The van der Waals surface area contributed by atoms with Crippen molar-refractivity contribution in [3.63, 3.8) is 0 Å². The molecule has 1 aliphatic rings. The van der Waals surface area contributed by atoms with Crippen molar-refractivity contribution in [3.05, 3.63) is 0 Å². The highest BCUT2D eigenvalue weighted by Crippen LogP contribution is 2.17. The molecule has 5 heteroatoms. The SMILES string of the molecule is COCCNC(=O)C(C)NC1CCCC(N)C1. The van der Waals surface area contributed by atoms with Gasteiger partial charge < -0.3 is 21.1 Å². The zero-order valence-corrected chi connectivity index (χ0v) is 10.9. The normalized spacial score (nSPS) is 26.5. The first-order valence-corrected chi connectivity index (χ1v) is 6.41. The molecule has 3 atom stereocenters. The average Bonchev–Trinajstić information content (AvgIpc) is 2.29. The molecule has 1 saturated carbocycles. The number of ether oxygens (including phenoxy) is 1. The van der Waals surface area contributed by atoms with Crippen molar-refractivity contribution >= 4 is 5.91 Å². The van der Waals surface area contributed by atoms with Crippen LogP contribution in [-0.2, 0) is 9.53 Å². The van der Waals surface area contributed by atoms with Crippen LogP contribution in [0.25, 0.3) is 0 Å². The number of amides is 1. The summed E-state index contributed by atoms with van der Waals surface area (Å²) in [4.78, 5) is 11.7. The summed E-state index contributed by atoms with van der Waals surface area (Å²) in [6.07, 6.45) is 4.34. The zero-order valence-electron chi connectivity index (χ0n) is 10.9. The fourth-order valence-electron chi connectivity index (χ4n) is 2.24. The Morgan fingerprint density at radius 3 is 2.94 bits per heavy atom. The largest absolute Gasteiger partial charge is 0.383 e. The summed E-state index contributed by atoms with van der Waals surface area (Å²) >= 11 is 0. The highest BCUT2D eigenvalue weighted by molar-refractivity contribution is 5.81. The van der Waals surface area contributed by atoms with E-state index in [1.54, 1.807) is 7.11 Å². The van der Waals surface area contributed by atoms with Crippen LogP contribution in [0, 0.1) is 0 Å². The highest BCUT2D eigenvalue weighted by Gasteiger charge is 2.22. The van der Waals surface area contributed by atoms with Crippen molar-refractivity contribution in [1.29, 1.82) is 0 Å². The van der Waals surface area contributed by atoms with Gasteiger partial charge in [-0.3, -0.25) is 4.79 Å². The molecule has 0 saturated heterocycles. The summed E-state index contributed by atoms with van der Waals surface area (Å²) in [5, 5.41) is 6.17. The fourth-order valence-corrected chi connectivity index (χ4v) is 2.24. The second kappa shape index (κ2) is 7.63. The molecule has 5 nitrogen and oxygen atoms in total. The van der Waals surface area contributed by atoms with Gasteiger partial charge in [-0.05, 0) is 26.2 Å². The molecule has 100 valence electrons. The average molecular weight is 243 g/mol. The predicted molar refractivity (Wildman–Crippen MR) is 67.7 cm³/mol. The Kier molecular flexibility index (Phi) is 6.47. The van der Waals surface area contributed by atoms with E-state index >= 15 is 0 Å². The van der Waals surface area contributed by atoms with Crippen LogP contribution in [0.3, 0.4) is 0 Å². The van der Waals surface area contributed by atoms with Gasteiger partial charge in [0, 0.05) is 25.7 Å². The predicted octanol–water partition coefficient (Wildman–Crippen LogP) is -0.00300. The number of hydrogen-bond acceptors (Lipinski definition) is 4. The second-order valence-corrected chi connectivity index (χ2v) is 4.80. The molecular formula is C12H25N3O2. The van der Waals surface area contributed by atoms with Gasteiger partial charge in [-0.15, -0.1) is 0 Å². The molecule has 0 aliphatic heterocycles. The van der Waals surface area contributed by atoms with E-state index < -0.39 is 0 Å². The van der Waals surface area contributed by atoms with Gasteiger partial charge in [-0.1, -0.05) is 6.42 Å². The van der Waals surface area contributed by atoms with E-state index in [0.29, 0.717) is 19.2 Å². The first-order chi connectivity index (χ1) is 8.13. The minimum absolute atomic E-state index is 0.0289. The van der Waals surface area contributed by atoms with Crippen LogP contribution < -0.4 is 16.4 Å². The zero-order chi connectivity index (χ0) is 12.7. The van der Waals surface area contributed by atoms with Crippen LogP contribution >= 0.6 is 0 Å². The van der Waals surface area contributed by atoms with Gasteiger partial charge in [0.05, 0.1) is 12.6 Å². The maximum absolute atomic E-state index is 11.7. The topological polar surface area (TPSA) is 76.4 Å². The smallest absolute Gasteiger partial charge is 0.236 e. The highest BCUT2D eigenvalue weighted by atomic mass is 16.5. The van der Waals surface area contributed by atoms with Crippen LogP contribution in [-0.4, -0.2) is 44.3 Å². The maximum Gasteiger partial charge on any atom is 0.236 e. The molecule has 1 fully saturated rings. The molecule has 0 aromatic rings. The summed E-state index contributed by atoms with van der Waals surface area (Å²) in [5.74, 6) is 0.0289. The molecule has 1 amide bonds. The Hall–Kier alpha value is -0.650. The number of carbonyl (C=O) groups is 1.